The van der Waals surface area contributed by atoms with E-state index in [9.17, 15) is 41.4 Å². The van der Waals surface area contributed by atoms with Crippen molar-refractivity contribution in [3.63, 3.8) is 0 Å². The van der Waals surface area contributed by atoms with Gasteiger partial charge in [-0.15, -0.1) is 0 Å². The summed E-state index contributed by atoms with van der Waals surface area (Å²) in [6.07, 6.45) is 0.649. The minimum Gasteiger partial charge on any atom is -0.496 e. The van der Waals surface area contributed by atoms with Gasteiger partial charge < -0.3 is 35.4 Å². The molecule has 0 radical (unpaired) electrons. The molecule has 0 aromatic heterocycles. The molecule has 1 aliphatic heterocycles. The number of hydrogen-bond donors (Lipinski definition) is 5. The number of nitrogens with one attached hydrogen (secondary N) is 3. The van der Waals surface area contributed by atoms with Crippen LogP contribution in [0.1, 0.15) is 62.0 Å². The van der Waals surface area contributed by atoms with E-state index in [4.69, 9.17) is 9.57 Å². The van der Waals surface area contributed by atoms with E-state index in [2.05, 4.69) is 31.4 Å². The molecule has 65 heavy (non-hydrogen) atoms. The Morgan fingerprint density at radius 3 is 2.35 bits per heavy atom. The van der Waals surface area contributed by atoms with Gasteiger partial charge in [0.1, 0.15) is 17.9 Å². The van der Waals surface area contributed by atoms with E-state index in [-0.39, 0.29) is 48.0 Å². The molecule has 3 saturated carbocycles. The van der Waals surface area contributed by atoms with Gasteiger partial charge in [0.2, 0.25) is 5.91 Å². The molecule has 0 spiro atoms. The zero-order valence-electron chi connectivity index (χ0n) is 38.4. The normalized spacial score (nSPS) is 25.1. The molecule has 2 amide bonds. The third kappa shape index (κ3) is 11.1. The predicted octanol–water partition coefficient (Wildman–Crippen LogP) is 4.80. The number of nitrogens with zero attached hydrogens (tertiary/aromatic N) is 3. The molecule has 3 aromatic rings. The fraction of sp³-hybridized carbons (Fsp3) is 0.574. The van der Waals surface area contributed by atoms with Gasteiger partial charge in [-0.05, 0) is 92.8 Å². The highest BCUT2D eigenvalue weighted by atomic mass is 32.2. The SMILES string of the molecule is COc1c(CN2O[C@@H](CO)[C@@H]([C@H](C)O)[C@H]2C(=O)N[C@H]2C[C@H]3CC([C@@H]2C)C3(C)C)cccc1-c1cc(C(=O)N[C@@H](Cc2ccccc2)CN(C)C)cc(N(C)CCNS(=O)(=O)C(F)(F)F)c1. The van der Waals surface area contributed by atoms with Crippen molar-refractivity contribution in [1.82, 2.24) is 25.3 Å². The highest BCUT2D eigenvalue weighted by molar-refractivity contribution is 7.90. The number of carbonyl (C=O) groups is 2. The molecule has 14 nitrogen and oxygen atoms in total. The zero-order chi connectivity index (χ0) is 47.6. The molecule has 4 aliphatic rings. The predicted molar refractivity (Wildman–Crippen MR) is 242 cm³/mol. The number of likely N-dealkylation sites (N-methyl/N-ethyl adjacent to an activating group) is 2. The number of ether oxygens (including phenoxy) is 1. The summed E-state index contributed by atoms with van der Waals surface area (Å²) >= 11 is 0. The number of hydrogen-bond acceptors (Lipinski definition) is 11. The molecule has 18 heteroatoms. The van der Waals surface area contributed by atoms with E-state index in [0.717, 1.165) is 18.4 Å². The Balaban J connectivity index is 1.33. The van der Waals surface area contributed by atoms with Crippen molar-refractivity contribution in [2.75, 3.05) is 59.4 Å². The molecule has 7 rings (SSSR count). The lowest BCUT2D eigenvalue weighted by molar-refractivity contribution is -0.183. The Bertz CT molecular complexity index is 2250. The molecule has 4 fully saturated rings. The first-order chi connectivity index (χ1) is 30.6. The standard InChI is InChI=1S/C47H65F3N6O8S/c1-28-38-23-34(46(38,3)4)24-39(28)53-45(60)42-41(29(2)58)40(27-57)64-56(42)25-31-15-12-16-37(43(31)63-8)32-20-33(22-36(21-32)55(7)18-17-51-65(61,62)47(48,49)50)44(59)52-35(26-54(5)6)19-30-13-10-9-11-14-30/h9-16,20-22,28-29,34-35,38-42,51,57-58H,17-19,23-27H2,1-8H3,(H,52,59)(H,53,60)/t28-,29-,34+,35-,38?,39-,40-,41+,42-/m0/s1. The first-order valence-corrected chi connectivity index (χ1v) is 23.6. The van der Waals surface area contributed by atoms with E-state index in [0.29, 0.717) is 52.9 Å². The van der Waals surface area contributed by atoms with E-state index >= 15 is 0 Å². The Hall–Kier alpha value is -4.30. The number of para-hydroxylation sites is 1. The maximum Gasteiger partial charge on any atom is 0.511 e. The molecule has 1 heterocycles. The fourth-order valence-corrected chi connectivity index (χ4v) is 10.8. The van der Waals surface area contributed by atoms with Crippen LogP contribution in [0.5, 0.6) is 5.75 Å². The molecule has 9 atom stereocenters. The lowest BCUT2D eigenvalue weighted by Crippen LogP contribution is -2.62. The average Bonchev–Trinajstić information content (AvgIpc) is 3.62. The van der Waals surface area contributed by atoms with Crippen LogP contribution >= 0.6 is 0 Å². The van der Waals surface area contributed by atoms with Crippen LogP contribution in [0.4, 0.5) is 18.9 Å². The average molecular weight is 931 g/mol. The summed E-state index contributed by atoms with van der Waals surface area (Å²) in [7, 11) is 1.27. The summed E-state index contributed by atoms with van der Waals surface area (Å²) in [6, 6.07) is 18.7. The smallest absolute Gasteiger partial charge is 0.496 e. The highest BCUT2D eigenvalue weighted by Crippen LogP contribution is 2.61. The number of anilines is 1. The number of aliphatic hydroxyl groups is 2. The van der Waals surface area contributed by atoms with Crippen molar-refractivity contribution in [3.05, 3.63) is 83.4 Å². The van der Waals surface area contributed by atoms with Crippen LogP contribution in [0.25, 0.3) is 11.1 Å². The Morgan fingerprint density at radius 1 is 1.05 bits per heavy atom. The lowest BCUT2D eigenvalue weighted by atomic mass is 9.45. The van der Waals surface area contributed by atoms with E-state index in [1.54, 1.807) is 60.0 Å². The maximum absolute atomic E-state index is 14.4. The van der Waals surface area contributed by atoms with Gasteiger partial charge in [0, 0.05) is 67.1 Å². The Kier molecular flexibility index (Phi) is 15.6. The number of methoxy groups -OCH3 is 1. The molecule has 5 N–H and O–H groups in total. The van der Waals surface area contributed by atoms with Crippen molar-refractivity contribution in [3.8, 4) is 16.9 Å². The minimum absolute atomic E-state index is 0.00527. The van der Waals surface area contributed by atoms with E-state index in [1.807, 2.05) is 49.3 Å². The zero-order valence-corrected chi connectivity index (χ0v) is 39.2. The van der Waals surface area contributed by atoms with Gasteiger partial charge >= 0.3 is 15.5 Å². The first kappa shape index (κ1) is 50.1. The Labute approximate surface area is 380 Å². The van der Waals surface area contributed by atoms with Crippen LogP contribution < -0.4 is 25.0 Å². The van der Waals surface area contributed by atoms with Gasteiger partial charge in [0.05, 0.1) is 26.4 Å². The monoisotopic (exact) mass is 930 g/mol. The number of hydroxylamine groups is 2. The lowest BCUT2D eigenvalue weighted by Gasteiger charge is -2.62. The van der Waals surface area contributed by atoms with Gasteiger partial charge in [0.15, 0.2) is 0 Å². The molecule has 1 unspecified atom stereocenters. The van der Waals surface area contributed by atoms with E-state index < -0.39 is 58.8 Å². The number of amides is 2. The number of rotatable bonds is 19. The number of carbonyl (C=O) groups excluding carboxylic acids is 2. The summed E-state index contributed by atoms with van der Waals surface area (Å²) in [5.41, 5.74) is -2.00. The molecular weight excluding hydrogens is 866 g/mol. The number of sulfonamides is 1. The summed E-state index contributed by atoms with van der Waals surface area (Å²) in [5.74, 6) is 0.123. The second kappa shape index (κ2) is 20.3. The topological polar surface area (TPSA) is 173 Å². The largest absolute Gasteiger partial charge is 0.511 e. The maximum atomic E-state index is 14.4. The van der Waals surface area contributed by atoms with Gasteiger partial charge in [-0.1, -0.05) is 69.3 Å². The van der Waals surface area contributed by atoms with Crippen LogP contribution in [0, 0.1) is 29.1 Å². The number of fused-ring (bicyclic) bond motifs is 2. The second-order valence-electron chi connectivity index (χ2n) is 18.9. The summed E-state index contributed by atoms with van der Waals surface area (Å²) in [5, 5.41) is 29.4. The van der Waals surface area contributed by atoms with Crippen molar-refractivity contribution in [1.29, 1.82) is 0 Å². The quantitative estimate of drug-likeness (QED) is 0.112. The summed E-state index contributed by atoms with van der Waals surface area (Å²) in [4.78, 5) is 38.4. The van der Waals surface area contributed by atoms with Crippen LogP contribution in [-0.4, -0.2) is 131 Å². The number of benzene rings is 3. The van der Waals surface area contributed by atoms with Gasteiger partial charge in [0.25, 0.3) is 5.91 Å². The second-order valence-corrected chi connectivity index (χ2v) is 20.6. The highest BCUT2D eigenvalue weighted by Gasteiger charge is 2.57. The summed E-state index contributed by atoms with van der Waals surface area (Å²) < 4.78 is 70.6. The van der Waals surface area contributed by atoms with Crippen LogP contribution in [0.15, 0.2) is 66.7 Å². The first-order valence-electron chi connectivity index (χ1n) is 22.2. The Morgan fingerprint density at radius 2 is 1.75 bits per heavy atom. The molecule has 358 valence electrons. The van der Waals surface area contributed by atoms with Crippen LogP contribution in [-0.2, 0) is 32.6 Å². The molecule has 1 saturated heterocycles. The minimum atomic E-state index is -5.59. The number of alkyl halides is 3. The molecule has 3 aliphatic carbocycles. The number of halogens is 3. The van der Waals surface area contributed by atoms with Gasteiger partial charge in [-0.25, -0.2) is 13.1 Å². The van der Waals surface area contributed by atoms with Crippen molar-refractivity contribution in [2.45, 2.75) is 89.3 Å². The van der Waals surface area contributed by atoms with Crippen LogP contribution in [0.2, 0.25) is 0 Å². The molecule has 2 bridgehead atoms. The van der Waals surface area contributed by atoms with Gasteiger partial charge in [-0.3, -0.25) is 14.4 Å². The van der Waals surface area contributed by atoms with Crippen molar-refractivity contribution in [2.24, 2.45) is 29.1 Å². The van der Waals surface area contributed by atoms with Crippen molar-refractivity contribution >= 4 is 27.5 Å². The van der Waals surface area contributed by atoms with E-state index in [1.165, 1.54) is 12.2 Å². The molecule has 3 aromatic carbocycles. The number of aliphatic hydroxyl groups excluding tert-OH is 2. The molecular formula is C47H65F3N6O8S. The van der Waals surface area contributed by atoms with Gasteiger partial charge in [-0.2, -0.15) is 18.2 Å². The van der Waals surface area contributed by atoms with Crippen molar-refractivity contribution < 1.29 is 51.0 Å². The fourth-order valence-electron chi connectivity index (χ4n) is 10.3. The third-order valence-electron chi connectivity index (χ3n) is 13.9. The van der Waals surface area contributed by atoms with Crippen LogP contribution in [0.3, 0.4) is 0 Å². The third-order valence-corrected chi connectivity index (χ3v) is 15.1. The summed E-state index contributed by atoms with van der Waals surface area (Å²) in [6.45, 7) is 7.67.